The molecule has 0 N–H and O–H groups in total. The molecule has 0 spiro atoms. The van der Waals surface area contributed by atoms with Gasteiger partial charge < -0.3 is 19.0 Å². The maximum absolute atomic E-state index is 4.72. The molecule has 0 saturated carbocycles. The normalized spacial score (nSPS) is 11.2. The summed E-state index contributed by atoms with van der Waals surface area (Å²) in [6.07, 6.45) is 0. The van der Waals surface area contributed by atoms with Crippen molar-refractivity contribution in [1.29, 1.82) is 0 Å². The molecule has 0 aliphatic heterocycles. The van der Waals surface area contributed by atoms with Crippen molar-refractivity contribution < 1.29 is 12.4 Å². The van der Waals surface area contributed by atoms with Crippen molar-refractivity contribution in [2.75, 3.05) is 0 Å². The summed E-state index contributed by atoms with van der Waals surface area (Å²) in [5, 5.41) is 3.00. The molecule has 102 valence electrons. The SMILES string of the molecule is [CH2-][Si](c1ccccc1)(c1ccccc1)C(C)(C)C.[Cl-].[Mg+2]. The van der Waals surface area contributed by atoms with E-state index in [1.165, 1.54) is 10.4 Å². The molecule has 0 amide bonds. The van der Waals surface area contributed by atoms with Gasteiger partial charge in [0, 0.05) is 0 Å². The van der Waals surface area contributed by atoms with Crippen LogP contribution in [0, 0.1) is 6.55 Å². The number of rotatable bonds is 2. The van der Waals surface area contributed by atoms with Gasteiger partial charge in [-0.3, -0.25) is 0 Å². The summed E-state index contributed by atoms with van der Waals surface area (Å²) in [7, 11) is -1.95. The Kier molecular flexibility index (Phi) is 7.54. The Hall–Kier alpha value is -0.287. The number of benzene rings is 2. The van der Waals surface area contributed by atoms with Crippen molar-refractivity contribution in [3.63, 3.8) is 0 Å². The first-order valence-electron chi connectivity index (χ1n) is 6.42. The number of halogens is 1. The minimum atomic E-state index is -1.95. The minimum absolute atomic E-state index is 0. The summed E-state index contributed by atoms with van der Waals surface area (Å²) < 4.78 is 0. The van der Waals surface area contributed by atoms with Gasteiger partial charge in [0.15, 0.2) is 0 Å². The summed E-state index contributed by atoms with van der Waals surface area (Å²) in [6.45, 7) is 11.7. The number of hydrogen-bond acceptors (Lipinski definition) is 0. The first-order valence-corrected chi connectivity index (χ1v) is 8.63. The van der Waals surface area contributed by atoms with Crippen molar-refractivity contribution in [3.8, 4) is 0 Å². The first-order chi connectivity index (χ1) is 8.46. The van der Waals surface area contributed by atoms with Crippen LogP contribution >= 0.6 is 0 Å². The zero-order valence-electron chi connectivity index (χ0n) is 12.6. The third kappa shape index (κ3) is 3.67. The second-order valence-electron chi connectivity index (χ2n) is 5.89. The molecule has 0 bridgehead atoms. The second kappa shape index (κ2) is 7.64. The summed E-state index contributed by atoms with van der Waals surface area (Å²) in [6, 6.07) is 21.6. The molecular weight excluding hydrogens is 292 g/mol. The number of hydrogen-bond donors (Lipinski definition) is 0. The summed E-state index contributed by atoms with van der Waals surface area (Å²) >= 11 is 0. The zero-order chi connectivity index (χ0) is 13.2. The fraction of sp³-hybridized carbons (Fsp3) is 0.235. The fourth-order valence-corrected chi connectivity index (χ4v) is 6.07. The molecule has 2 aromatic rings. The van der Waals surface area contributed by atoms with Crippen LogP contribution in [0.2, 0.25) is 5.04 Å². The van der Waals surface area contributed by atoms with E-state index >= 15 is 0 Å². The fourth-order valence-electron chi connectivity index (χ4n) is 2.48. The molecule has 0 saturated heterocycles. The maximum atomic E-state index is 4.72. The molecule has 0 unspecified atom stereocenters. The quantitative estimate of drug-likeness (QED) is 0.543. The summed E-state index contributed by atoms with van der Waals surface area (Å²) in [5.41, 5.74) is 0. The maximum Gasteiger partial charge on any atom is 2.00 e. The Morgan fingerprint density at radius 3 is 1.30 bits per heavy atom. The van der Waals surface area contributed by atoms with Gasteiger partial charge in [0.1, 0.15) is 0 Å². The standard InChI is InChI=1S/C17H21Si.ClH.Mg/c1-17(2,3)18(4,15-11-7-5-8-12-15)16-13-9-6-10-14-16;;/h5-14H,4H2,1-3H3;1H;/q-1;;+2/p-1. The van der Waals surface area contributed by atoms with Gasteiger partial charge in [0.2, 0.25) is 0 Å². The van der Waals surface area contributed by atoms with Gasteiger partial charge in [0.05, 0.1) is 0 Å². The van der Waals surface area contributed by atoms with Crippen LogP contribution in [0.3, 0.4) is 0 Å². The summed E-state index contributed by atoms with van der Waals surface area (Å²) in [5.74, 6) is 0. The van der Waals surface area contributed by atoms with Gasteiger partial charge in [-0.05, 0) is 8.07 Å². The third-order valence-electron chi connectivity index (χ3n) is 3.81. The monoisotopic (exact) mass is 312 g/mol. The van der Waals surface area contributed by atoms with Crippen LogP contribution in [-0.2, 0) is 0 Å². The Morgan fingerprint density at radius 1 is 0.750 bits per heavy atom. The van der Waals surface area contributed by atoms with E-state index in [0.717, 1.165) is 0 Å². The van der Waals surface area contributed by atoms with E-state index in [0.29, 0.717) is 0 Å². The minimum Gasteiger partial charge on any atom is -1.00 e. The Morgan fingerprint density at radius 2 is 1.05 bits per heavy atom. The molecule has 20 heavy (non-hydrogen) atoms. The van der Waals surface area contributed by atoms with Crippen molar-refractivity contribution in [3.05, 3.63) is 67.2 Å². The van der Waals surface area contributed by atoms with Crippen LogP contribution < -0.4 is 22.8 Å². The molecule has 0 fully saturated rings. The van der Waals surface area contributed by atoms with E-state index in [1.807, 2.05) is 0 Å². The Balaban J connectivity index is 0.00000180. The molecule has 0 atom stereocenters. The smallest absolute Gasteiger partial charge is 1.00 e. The molecule has 0 aliphatic rings. The molecule has 0 aliphatic carbocycles. The van der Waals surface area contributed by atoms with Gasteiger partial charge in [0.25, 0.3) is 0 Å². The van der Waals surface area contributed by atoms with Crippen LogP contribution in [0.15, 0.2) is 60.7 Å². The molecule has 3 heteroatoms. The Bertz CT molecular complexity index is 466. The van der Waals surface area contributed by atoms with Crippen LogP contribution in [-0.4, -0.2) is 31.1 Å². The molecule has 0 heterocycles. The van der Waals surface area contributed by atoms with E-state index < -0.39 is 8.07 Å². The van der Waals surface area contributed by atoms with Gasteiger partial charge in [-0.25, -0.2) is 0 Å². The first kappa shape index (κ1) is 19.7. The van der Waals surface area contributed by atoms with E-state index in [9.17, 15) is 0 Å². The average Bonchev–Trinajstić information content (AvgIpc) is 2.38. The zero-order valence-corrected chi connectivity index (χ0v) is 15.7. The van der Waals surface area contributed by atoms with Gasteiger partial charge in [-0.15, -0.1) is 0 Å². The molecule has 0 aromatic heterocycles. The Labute approximate surface area is 146 Å². The van der Waals surface area contributed by atoms with Gasteiger partial charge >= 0.3 is 23.1 Å². The van der Waals surface area contributed by atoms with E-state index in [4.69, 9.17) is 6.55 Å². The van der Waals surface area contributed by atoms with Crippen LogP contribution in [0.1, 0.15) is 20.8 Å². The predicted octanol–water partition coefficient (Wildman–Crippen LogP) is 0.0462. The molecule has 2 aromatic carbocycles. The van der Waals surface area contributed by atoms with Crippen LogP contribution in [0.5, 0.6) is 0 Å². The summed E-state index contributed by atoms with van der Waals surface area (Å²) in [4.78, 5) is 0. The molecule has 2 rings (SSSR count). The predicted molar refractivity (Wildman–Crippen MR) is 88.7 cm³/mol. The molecular formula is C17H21ClMgSi. The van der Waals surface area contributed by atoms with Crippen molar-refractivity contribution >= 4 is 41.5 Å². The van der Waals surface area contributed by atoms with Gasteiger partial charge in [-0.1, -0.05) is 96.8 Å². The van der Waals surface area contributed by atoms with Gasteiger partial charge in [-0.2, -0.15) is 0 Å². The largest absolute Gasteiger partial charge is 2.00 e. The van der Waals surface area contributed by atoms with Crippen molar-refractivity contribution in [2.45, 2.75) is 25.8 Å². The van der Waals surface area contributed by atoms with E-state index in [2.05, 4.69) is 81.4 Å². The second-order valence-corrected chi connectivity index (χ2v) is 10.4. The third-order valence-corrected chi connectivity index (χ3v) is 9.01. The van der Waals surface area contributed by atoms with Crippen molar-refractivity contribution in [1.82, 2.24) is 0 Å². The molecule has 0 radical (unpaired) electrons. The van der Waals surface area contributed by atoms with E-state index in [1.54, 1.807) is 0 Å². The topological polar surface area (TPSA) is 0 Å². The van der Waals surface area contributed by atoms with E-state index in [-0.39, 0.29) is 40.5 Å². The van der Waals surface area contributed by atoms with Crippen molar-refractivity contribution in [2.24, 2.45) is 0 Å². The molecule has 0 nitrogen and oxygen atoms in total. The van der Waals surface area contributed by atoms with Crippen LogP contribution in [0.25, 0.3) is 0 Å². The average molecular weight is 313 g/mol. The van der Waals surface area contributed by atoms with Crippen LogP contribution in [0.4, 0.5) is 0 Å².